The lowest BCUT2D eigenvalue weighted by Crippen LogP contribution is -2.19. The fourth-order valence-corrected chi connectivity index (χ4v) is 2.73. The van der Waals surface area contributed by atoms with E-state index in [9.17, 15) is 25.0 Å². The van der Waals surface area contributed by atoms with Crippen LogP contribution < -0.4 is 10.2 Å². The van der Waals surface area contributed by atoms with Gasteiger partial charge in [-0.25, -0.2) is 0 Å². The SMILES string of the molecule is O=C(Nc1cc(N2CCCC2)ccc1[N+](=O)[O-])c1[nH]ncc1[N+](=O)[O-]. The van der Waals surface area contributed by atoms with Crippen LogP contribution in [0.3, 0.4) is 0 Å². The van der Waals surface area contributed by atoms with Gasteiger partial charge in [-0.05, 0) is 25.0 Å². The molecule has 0 spiro atoms. The summed E-state index contributed by atoms with van der Waals surface area (Å²) < 4.78 is 0. The smallest absolute Gasteiger partial charge is 0.319 e. The molecule has 2 N–H and O–H groups in total. The number of carbonyl (C=O) groups is 1. The summed E-state index contributed by atoms with van der Waals surface area (Å²) in [6.07, 6.45) is 2.96. The molecule has 130 valence electrons. The highest BCUT2D eigenvalue weighted by molar-refractivity contribution is 6.06. The number of hydrogen-bond acceptors (Lipinski definition) is 7. The number of nitrogens with one attached hydrogen (secondary N) is 2. The summed E-state index contributed by atoms with van der Waals surface area (Å²) in [6.45, 7) is 1.66. The Balaban J connectivity index is 1.92. The highest BCUT2D eigenvalue weighted by Crippen LogP contribution is 2.31. The number of nitrogens with zero attached hydrogens (tertiary/aromatic N) is 4. The van der Waals surface area contributed by atoms with Gasteiger partial charge < -0.3 is 10.2 Å². The van der Waals surface area contributed by atoms with Crippen molar-refractivity contribution >= 4 is 28.7 Å². The van der Waals surface area contributed by atoms with Crippen molar-refractivity contribution in [3.63, 3.8) is 0 Å². The number of nitro groups is 2. The third-order valence-corrected chi connectivity index (χ3v) is 3.94. The molecule has 2 aromatic rings. The Morgan fingerprint density at radius 2 is 1.84 bits per heavy atom. The molecular formula is C14H14N6O5. The molecule has 0 atom stereocenters. The van der Waals surface area contributed by atoms with Gasteiger partial charge in [0.25, 0.3) is 11.6 Å². The predicted molar refractivity (Wildman–Crippen MR) is 87.7 cm³/mol. The third kappa shape index (κ3) is 3.24. The van der Waals surface area contributed by atoms with Crippen molar-refractivity contribution in [3.8, 4) is 0 Å². The number of rotatable bonds is 5. The molecule has 0 saturated carbocycles. The van der Waals surface area contributed by atoms with Crippen LogP contribution in [-0.4, -0.2) is 39.0 Å². The number of benzene rings is 1. The average molecular weight is 346 g/mol. The van der Waals surface area contributed by atoms with Gasteiger partial charge in [0.1, 0.15) is 11.9 Å². The van der Waals surface area contributed by atoms with Crippen molar-refractivity contribution in [1.82, 2.24) is 10.2 Å². The van der Waals surface area contributed by atoms with E-state index in [1.54, 1.807) is 6.07 Å². The number of aromatic nitrogens is 2. The van der Waals surface area contributed by atoms with Crippen LogP contribution >= 0.6 is 0 Å². The Bertz CT molecular complexity index is 842. The minimum absolute atomic E-state index is 0.0247. The lowest BCUT2D eigenvalue weighted by molar-refractivity contribution is -0.385. The largest absolute Gasteiger partial charge is 0.371 e. The number of H-pyrrole nitrogens is 1. The molecule has 1 amide bonds. The van der Waals surface area contributed by atoms with Crippen molar-refractivity contribution in [2.45, 2.75) is 12.8 Å². The normalized spacial score (nSPS) is 13.7. The van der Waals surface area contributed by atoms with E-state index in [1.165, 1.54) is 12.1 Å². The maximum Gasteiger partial charge on any atom is 0.319 e. The summed E-state index contributed by atoms with van der Waals surface area (Å²) in [7, 11) is 0. The summed E-state index contributed by atoms with van der Waals surface area (Å²) in [5.74, 6) is -0.870. The van der Waals surface area contributed by atoms with Gasteiger partial charge >= 0.3 is 5.69 Å². The van der Waals surface area contributed by atoms with Crippen LogP contribution in [0.1, 0.15) is 23.3 Å². The van der Waals surface area contributed by atoms with Gasteiger partial charge in [0.15, 0.2) is 0 Å². The molecule has 2 heterocycles. The summed E-state index contributed by atoms with van der Waals surface area (Å²) in [6, 6.07) is 4.44. The van der Waals surface area contributed by atoms with Crippen molar-refractivity contribution in [2.24, 2.45) is 0 Å². The second kappa shape index (κ2) is 6.55. The molecule has 0 bridgehead atoms. The zero-order valence-corrected chi connectivity index (χ0v) is 13.0. The molecule has 1 fully saturated rings. The van der Waals surface area contributed by atoms with Crippen molar-refractivity contribution in [3.05, 3.63) is 50.3 Å². The van der Waals surface area contributed by atoms with E-state index in [2.05, 4.69) is 20.4 Å². The van der Waals surface area contributed by atoms with Crippen LogP contribution in [0.25, 0.3) is 0 Å². The van der Waals surface area contributed by atoms with E-state index in [-0.39, 0.29) is 17.1 Å². The molecule has 11 nitrogen and oxygen atoms in total. The Labute approximate surface area is 140 Å². The highest BCUT2D eigenvalue weighted by atomic mass is 16.6. The van der Waals surface area contributed by atoms with Crippen molar-refractivity contribution in [2.75, 3.05) is 23.3 Å². The lowest BCUT2D eigenvalue weighted by atomic mass is 10.2. The number of nitro benzene ring substituents is 1. The van der Waals surface area contributed by atoms with Crippen LogP contribution in [0.4, 0.5) is 22.7 Å². The second-order valence-corrected chi connectivity index (χ2v) is 5.49. The van der Waals surface area contributed by atoms with Gasteiger partial charge in [-0.15, -0.1) is 0 Å². The summed E-state index contributed by atoms with van der Waals surface area (Å²) >= 11 is 0. The lowest BCUT2D eigenvalue weighted by Gasteiger charge is -2.18. The van der Waals surface area contributed by atoms with E-state index >= 15 is 0 Å². The van der Waals surface area contributed by atoms with Crippen molar-refractivity contribution in [1.29, 1.82) is 0 Å². The fourth-order valence-electron chi connectivity index (χ4n) is 2.73. The molecule has 1 aromatic carbocycles. The predicted octanol–water partition coefficient (Wildman–Crippen LogP) is 2.08. The van der Waals surface area contributed by atoms with Gasteiger partial charge in [-0.2, -0.15) is 5.10 Å². The molecule has 25 heavy (non-hydrogen) atoms. The topological polar surface area (TPSA) is 147 Å². The summed E-state index contributed by atoms with van der Waals surface area (Å²) in [5, 5.41) is 30.2. The first-order chi connectivity index (χ1) is 12.0. The van der Waals surface area contributed by atoms with Gasteiger partial charge in [-0.3, -0.25) is 30.1 Å². The van der Waals surface area contributed by atoms with Crippen LogP contribution in [-0.2, 0) is 0 Å². The summed E-state index contributed by atoms with van der Waals surface area (Å²) in [5.41, 5.74) is -0.444. The van der Waals surface area contributed by atoms with E-state index in [0.29, 0.717) is 0 Å². The van der Waals surface area contributed by atoms with Crippen LogP contribution in [0, 0.1) is 20.2 Å². The standard InChI is InChI=1S/C14H14N6O5/c21-14(13-12(20(24)25)8-15-17-13)16-10-7-9(18-5-1-2-6-18)3-4-11(10)19(22)23/h3-4,7-8H,1-2,5-6H2,(H,15,17)(H,16,21). The molecule has 1 aliphatic rings. The molecular weight excluding hydrogens is 332 g/mol. The Morgan fingerprint density at radius 1 is 1.16 bits per heavy atom. The Morgan fingerprint density at radius 3 is 2.48 bits per heavy atom. The maximum absolute atomic E-state index is 12.3. The minimum Gasteiger partial charge on any atom is -0.371 e. The van der Waals surface area contributed by atoms with E-state index in [4.69, 9.17) is 0 Å². The number of aromatic amines is 1. The zero-order valence-electron chi connectivity index (χ0n) is 13.0. The van der Waals surface area contributed by atoms with Crippen LogP contribution in [0.5, 0.6) is 0 Å². The van der Waals surface area contributed by atoms with Crippen molar-refractivity contribution < 1.29 is 14.6 Å². The number of hydrogen-bond donors (Lipinski definition) is 2. The van der Waals surface area contributed by atoms with E-state index in [0.717, 1.165) is 37.8 Å². The molecule has 1 saturated heterocycles. The maximum atomic E-state index is 12.3. The molecule has 0 radical (unpaired) electrons. The number of anilines is 2. The average Bonchev–Trinajstić information content (AvgIpc) is 3.26. The minimum atomic E-state index is -0.870. The first-order valence-corrected chi connectivity index (χ1v) is 7.50. The molecule has 0 aliphatic carbocycles. The van der Waals surface area contributed by atoms with E-state index in [1.807, 2.05) is 0 Å². The van der Waals surface area contributed by atoms with Gasteiger partial charge in [0.05, 0.1) is 9.85 Å². The molecule has 3 rings (SSSR count). The fraction of sp³-hybridized carbons (Fsp3) is 0.286. The van der Waals surface area contributed by atoms with Crippen LogP contribution in [0.2, 0.25) is 0 Å². The number of carbonyl (C=O) groups excluding carboxylic acids is 1. The molecule has 1 aromatic heterocycles. The Hall–Kier alpha value is -3.50. The van der Waals surface area contributed by atoms with Gasteiger partial charge in [0, 0.05) is 24.8 Å². The van der Waals surface area contributed by atoms with Crippen LogP contribution in [0.15, 0.2) is 24.4 Å². The van der Waals surface area contributed by atoms with E-state index < -0.39 is 21.4 Å². The highest BCUT2D eigenvalue weighted by Gasteiger charge is 2.26. The first kappa shape index (κ1) is 16.4. The zero-order chi connectivity index (χ0) is 18.0. The second-order valence-electron chi connectivity index (χ2n) is 5.49. The first-order valence-electron chi connectivity index (χ1n) is 7.50. The quantitative estimate of drug-likeness (QED) is 0.622. The number of amides is 1. The third-order valence-electron chi connectivity index (χ3n) is 3.94. The molecule has 1 aliphatic heterocycles. The Kier molecular flexibility index (Phi) is 4.29. The molecule has 11 heteroatoms. The van der Waals surface area contributed by atoms with Gasteiger partial charge in [0.2, 0.25) is 5.69 Å². The summed E-state index contributed by atoms with van der Waals surface area (Å²) in [4.78, 5) is 35.1. The van der Waals surface area contributed by atoms with Gasteiger partial charge in [-0.1, -0.05) is 0 Å². The molecule has 0 unspecified atom stereocenters. The monoisotopic (exact) mass is 346 g/mol.